The lowest BCUT2D eigenvalue weighted by molar-refractivity contribution is -0.137. The number of benzene rings is 1. The third-order valence-electron chi connectivity index (χ3n) is 5.73. The molecule has 0 radical (unpaired) electrons. The number of hydrogen-bond donors (Lipinski definition) is 1. The molecule has 136 valence electrons. The van der Waals surface area contributed by atoms with Crippen LogP contribution in [0.1, 0.15) is 55.8 Å². The van der Waals surface area contributed by atoms with Crippen LogP contribution in [0.25, 0.3) is 11.0 Å². The molecule has 1 aliphatic heterocycles. The van der Waals surface area contributed by atoms with Crippen LogP contribution in [-0.4, -0.2) is 34.5 Å². The SMILES string of the molecule is FC(F)(F)c1ccc2nc([C@H]3CCN(CC4CCCCC4)C3)[nH]c2c1. The van der Waals surface area contributed by atoms with E-state index in [2.05, 4.69) is 14.9 Å². The summed E-state index contributed by atoms with van der Waals surface area (Å²) < 4.78 is 38.6. The lowest BCUT2D eigenvalue weighted by Crippen LogP contribution is -2.28. The zero-order valence-corrected chi connectivity index (χ0v) is 14.3. The van der Waals surface area contributed by atoms with Gasteiger partial charge in [-0.2, -0.15) is 13.2 Å². The molecule has 1 N–H and O–H groups in total. The lowest BCUT2D eigenvalue weighted by Gasteiger charge is -2.26. The second kappa shape index (κ2) is 6.63. The van der Waals surface area contributed by atoms with E-state index >= 15 is 0 Å². The van der Waals surface area contributed by atoms with Crippen molar-refractivity contribution >= 4 is 11.0 Å². The number of fused-ring (bicyclic) bond motifs is 1. The molecule has 1 aromatic carbocycles. The van der Waals surface area contributed by atoms with Crippen molar-refractivity contribution in [3.63, 3.8) is 0 Å². The smallest absolute Gasteiger partial charge is 0.342 e. The zero-order valence-electron chi connectivity index (χ0n) is 14.3. The first kappa shape index (κ1) is 16.9. The van der Waals surface area contributed by atoms with Gasteiger partial charge in [0.1, 0.15) is 5.82 Å². The zero-order chi connectivity index (χ0) is 17.4. The standard InChI is InChI=1S/C19H24F3N3/c20-19(21,22)15-6-7-16-17(10-15)24-18(23-16)14-8-9-25(12-14)11-13-4-2-1-3-5-13/h6-7,10,13-14H,1-5,8-9,11-12H2,(H,23,24)/t14-/m0/s1. The van der Waals surface area contributed by atoms with E-state index in [1.54, 1.807) is 0 Å². The number of H-pyrrole nitrogens is 1. The number of hydrogen-bond acceptors (Lipinski definition) is 2. The van der Waals surface area contributed by atoms with Gasteiger partial charge in [-0.05, 0) is 49.9 Å². The number of nitrogens with one attached hydrogen (secondary N) is 1. The van der Waals surface area contributed by atoms with Gasteiger partial charge in [0.2, 0.25) is 0 Å². The van der Waals surface area contributed by atoms with Crippen LogP contribution >= 0.6 is 0 Å². The van der Waals surface area contributed by atoms with Gasteiger partial charge in [0.15, 0.2) is 0 Å². The van der Waals surface area contributed by atoms with Crippen molar-refractivity contribution < 1.29 is 13.2 Å². The van der Waals surface area contributed by atoms with Crippen LogP contribution in [-0.2, 0) is 6.18 Å². The first-order chi connectivity index (χ1) is 12.0. The molecule has 6 heteroatoms. The minimum atomic E-state index is -4.32. The Morgan fingerprint density at radius 3 is 2.68 bits per heavy atom. The summed E-state index contributed by atoms with van der Waals surface area (Å²) in [5.74, 6) is 1.95. The van der Waals surface area contributed by atoms with Gasteiger partial charge in [0.25, 0.3) is 0 Å². The molecule has 3 nitrogen and oxygen atoms in total. The molecule has 1 saturated carbocycles. The minimum absolute atomic E-state index is 0.297. The predicted octanol–water partition coefficient (Wildman–Crippen LogP) is 4.95. The fourth-order valence-electron chi connectivity index (χ4n) is 4.36. The van der Waals surface area contributed by atoms with Crippen molar-refractivity contribution in [2.45, 2.75) is 50.6 Å². The summed E-state index contributed by atoms with van der Waals surface area (Å²) in [6.45, 7) is 3.18. The molecule has 4 rings (SSSR count). The number of rotatable bonds is 3. The Morgan fingerprint density at radius 2 is 1.92 bits per heavy atom. The number of alkyl halides is 3. The van der Waals surface area contributed by atoms with Crippen LogP contribution in [0, 0.1) is 5.92 Å². The quantitative estimate of drug-likeness (QED) is 0.848. The Hall–Kier alpha value is -1.56. The molecular formula is C19H24F3N3. The maximum atomic E-state index is 12.9. The number of imidazole rings is 1. The Morgan fingerprint density at radius 1 is 1.12 bits per heavy atom. The van der Waals surface area contributed by atoms with Crippen molar-refractivity contribution in [2.24, 2.45) is 5.92 Å². The topological polar surface area (TPSA) is 31.9 Å². The fourth-order valence-corrected chi connectivity index (χ4v) is 4.36. The molecule has 2 heterocycles. The monoisotopic (exact) mass is 351 g/mol. The highest BCUT2D eigenvalue weighted by Gasteiger charge is 2.32. The van der Waals surface area contributed by atoms with Gasteiger partial charge >= 0.3 is 6.18 Å². The molecule has 1 saturated heterocycles. The third kappa shape index (κ3) is 3.68. The van der Waals surface area contributed by atoms with E-state index in [1.165, 1.54) is 44.2 Å². The molecule has 0 bridgehead atoms. The molecule has 2 aromatic rings. The summed E-state index contributed by atoms with van der Waals surface area (Å²) in [5.41, 5.74) is 0.477. The van der Waals surface area contributed by atoms with Crippen LogP contribution in [0.3, 0.4) is 0 Å². The Kier molecular flexibility index (Phi) is 4.48. The third-order valence-corrected chi connectivity index (χ3v) is 5.73. The summed E-state index contributed by atoms with van der Waals surface area (Å²) in [5, 5.41) is 0. The van der Waals surface area contributed by atoms with Crippen LogP contribution < -0.4 is 0 Å². The number of nitrogens with zero attached hydrogens (tertiary/aromatic N) is 2. The second-order valence-corrected chi connectivity index (χ2v) is 7.60. The molecule has 1 aliphatic carbocycles. The van der Waals surface area contributed by atoms with E-state index < -0.39 is 11.7 Å². The molecule has 1 atom stereocenters. The Bertz CT molecular complexity index is 731. The van der Waals surface area contributed by atoms with Gasteiger partial charge in [0, 0.05) is 19.0 Å². The Balaban J connectivity index is 1.45. The number of aromatic nitrogens is 2. The Labute approximate surface area is 145 Å². The molecule has 0 unspecified atom stereocenters. The summed E-state index contributed by atoms with van der Waals surface area (Å²) in [7, 11) is 0. The van der Waals surface area contributed by atoms with Crippen molar-refractivity contribution in [1.29, 1.82) is 0 Å². The molecule has 0 spiro atoms. The fraction of sp³-hybridized carbons (Fsp3) is 0.632. The summed E-state index contributed by atoms with van der Waals surface area (Å²) >= 11 is 0. The van der Waals surface area contributed by atoms with Crippen molar-refractivity contribution in [3.05, 3.63) is 29.6 Å². The van der Waals surface area contributed by atoms with E-state index in [0.717, 1.165) is 43.9 Å². The van der Waals surface area contributed by atoms with E-state index in [-0.39, 0.29) is 0 Å². The minimum Gasteiger partial charge on any atom is -0.342 e. The average Bonchev–Trinajstić information content (AvgIpc) is 3.20. The molecular weight excluding hydrogens is 327 g/mol. The highest BCUT2D eigenvalue weighted by molar-refractivity contribution is 5.76. The number of aromatic amines is 1. The first-order valence-corrected chi connectivity index (χ1v) is 9.28. The second-order valence-electron chi connectivity index (χ2n) is 7.60. The maximum absolute atomic E-state index is 12.9. The molecule has 0 amide bonds. The predicted molar refractivity (Wildman–Crippen MR) is 91.5 cm³/mol. The van der Waals surface area contributed by atoms with E-state index in [0.29, 0.717) is 17.0 Å². The van der Waals surface area contributed by atoms with Gasteiger partial charge in [-0.25, -0.2) is 4.98 Å². The summed E-state index contributed by atoms with van der Waals surface area (Å²) in [6, 6.07) is 3.74. The van der Waals surface area contributed by atoms with Crippen molar-refractivity contribution in [3.8, 4) is 0 Å². The molecule has 25 heavy (non-hydrogen) atoms. The van der Waals surface area contributed by atoms with Gasteiger partial charge in [-0.1, -0.05) is 19.3 Å². The number of halogens is 3. The van der Waals surface area contributed by atoms with Crippen molar-refractivity contribution in [2.75, 3.05) is 19.6 Å². The highest BCUT2D eigenvalue weighted by atomic mass is 19.4. The maximum Gasteiger partial charge on any atom is 0.416 e. The molecule has 1 aromatic heterocycles. The van der Waals surface area contributed by atoms with Crippen LogP contribution in [0.4, 0.5) is 13.2 Å². The van der Waals surface area contributed by atoms with Gasteiger partial charge in [-0.15, -0.1) is 0 Å². The molecule has 2 fully saturated rings. The van der Waals surface area contributed by atoms with Crippen molar-refractivity contribution in [1.82, 2.24) is 14.9 Å². The van der Waals surface area contributed by atoms with Crippen LogP contribution in [0.5, 0.6) is 0 Å². The highest BCUT2D eigenvalue weighted by Crippen LogP contribution is 2.33. The van der Waals surface area contributed by atoms with Gasteiger partial charge in [0.05, 0.1) is 16.6 Å². The van der Waals surface area contributed by atoms with Crippen LogP contribution in [0.2, 0.25) is 0 Å². The lowest BCUT2D eigenvalue weighted by atomic mass is 9.89. The largest absolute Gasteiger partial charge is 0.416 e. The average molecular weight is 351 g/mol. The normalized spacial score (nSPS) is 23.6. The summed E-state index contributed by atoms with van der Waals surface area (Å²) in [6.07, 6.45) is 3.47. The molecule has 2 aliphatic rings. The summed E-state index contributed by atoms with van der Waals surface area (Å²) in [4.78, 5) is 10.2. The van der Waals surface area contributed by atoms with Crippen LogP contribution in [0.15, 0.2) is 18.2 Å². The number of likely N-dealkylation sites (tertiary alicyclic amines) is 1. The van der Waals surface area contributed by atoms with Gasteiger partial charge < -0.3 is 9.88 Å². The van der Waals surface area contributed by atoms with E-state index in [9.17, 15) is 13.2 Å². The van der Waals surface area contributed by atoms with E-state index in [1.807, 2.05) is 0 Å². The van der Waals surface area contributed by atoms with Gasteiger partial charge in [-0.3, -0.25) is 0 Å². The van der Waals surface area contributed by atoms with E-state index in [4.69, 9.17) is 0 Å². The first-order valence-electron chi connectivity index (χ1n) is 9.28.